The van der Waals surface area contributed by atoms with Crippen LogP contribution in [0, 0.1) is 0 Å². The van der Waals surface area contributed by atoms with Crippen molar-refractivity contribution in [2.45, 2.75) is 57.5 Å². The summed E-state index contributed by atoms with van der Waals surface area (Å²) >= 11 is 0. The highest BCUT2D eigenvalue weighted by Gasteiger charge is 2.65. The molecule has 2 aliphatic rings. The molecule has 6 heteroatoms. The van der Waals surface area contributed by atoms with E-state index in [4.69, 9.17) is 0 Å². The molecule has 3 nitrogen and oxygen atoms in total. The summed E-state index contributed by atoms with van der Waals surface area (Å²) in [5.74, 6) is 0. The van der Waals surface area contributed by atoms with Crippen LogP contribution >= 0.6 is 0 Å². The van der Waals surface area contributed by atoms with E-state index >= 15 is 0 Å². The summed E-state index contributed by atoms with van der Waals surface area (Å²) in [5.41, 5.74) is 0.0402. The average molecular weight is 259 g/mol. The third kappa shape index (κ3) is 1.58. The van der Waals surface area contributed by atoms with E-state index in [9.17, 15) is 13.2 Å². The zero-order valence-corrected chi connectivity index (χ0v) is 10.5. The van der Waals surface area contributed by atoms with Gasteiger partial charge in [-0.05, 0) is 26.7 Å². The zero-order valence-electron chi connectivity index (χ0n) is 10.5. The molecule has 1 aliphatic heterocycles. The molecule has 0 unspecified atom stereocenters. The van der Waals surface area contributed by atoms with Crippen LogP contribution in [0.15, 0.2) is 6.20 Å². The number of aromatic nitrogens is 2. The number of halogens is 3. The van der Waals surface area contributed by atoms with E-state index in [1.54, 1.807) is 6.20 Å². The van der Waals surface area contributed by atoms with Gasteiger partial charge in [-0.2, -0.15) is 18.3 Å². The highest BCUT2D eigenvalue weighted by Crippen LogP contribution is 2.55. The number of fused-ring (bicyclic) bond motifs is 1. The number of rotatable bonds is 2. The van der Waals surface area contributed by atoms with E-state index in [1.165, 1.54) is 0 Å². The van der Waals surface area contributed by atoms with Crippen molar-refractivity contribution < 1.29 is 13.2 Å². The lowest BCUT2D eigenvalue weighted by Gasteiger charge is -2.22. The van der Waals surface area contributed by atoms with Gasteiger partial charge in [0, 0.05) is 30.9 Å². The largest absolute Gasteiger partial charge is 0.413 e. The van der Waals surface area contributed by atoms with Crippen molar-refractivity contribution >= 4 is 0 Å². The summed E-state index contributed by atoms with van der Waals surface area (Å²) in [4.78, 5) is 2.20. The topological polar surface area (TPSA) is 21.1 Å². The molecule has 0 bridgehead atoms. The average Bonchev–Trinajstić information content (AvgIpc) is 2.81. The first kappa shape index (κ1) is 12.0. The van der Waals surface area contributed by atoms with Crippen molar-refractivity contribution in [2.75, 3.05) is 0 Å². The third-order valence-corrected chi connectivity index (χ3v) is 4.02. The van der Waals surface area contributed by atoms with Gasteiger partial charge in [0.2, 0.25) is 0 Å². The van der Waals surface area contributed by atoms with E-state index in [0.29, 0.717) is 19.1 Å². The van der Waals surface area contributed by atoms with Crippen molar-refractivity contribution in [3.63, 3.8) is 0 Å². The maximum atomic E-state index is 13.0. The Morgan fingerprint density at radius 1 is 1.28 bits per heavy atom. The molecule has 2 heterocycles. The van der Waals surface area contributed by atoms with Gasteiger partial charge in [-0.25, -0.2) is 0 Å². The smallest absolute Gasteiger partial charge is 0.291 e. The molecule has 0 saturated heterocycles. The Balaban J connectivity index is 1.86. The molecule has 1 aliphatic carbocycles. The van der Waals surface area contributed by atoms with Crippen molar-refractivity contribution in [1.29, 1.82) is 0 Å². The Kier molecular flexibility index (Phi) is 2.33. The van der Waals surface area contributed by atoms with E-state index in [1.807, 2.05) is 0 Å². The van der Waals surface area contributed by atoms with Gasteiger partial charge in [-0.15, -0.1) is 0 Å². The van der Waals surface area contributed by atoms with E-state index in [-0.39, 0.29) is 12.8 Å². The quantitative estimate of drug-likeness (QED) is 0.814. The molecule has 18 heavy (non-hydrogen) atoms. The first-order valence-electron chi connectivity index (χ1n) is 6.22. The van der Waals surface area contributed by atoms with Crippen molar-refractivity contribution in [3.05, 3.63) is 17.5 Å². The highest BCUT2D eigenvalue weighted by molar-refractivity contribution is 5.24. The first-order valence-corrected chi connectivity index (χ1v) is 6.22. The second-order valence-corrected chi connectivity index (χ2v) is 5.57. The maximum Gasteiger partial charge on any atom is 0.413 e. The number of hydrogen-bond acceptors (Lipinski definition) is 2. The number of alkyl halides is 3. The molecule has 0 N–H and O–H groups in total. The molecule has 1 fully saturated rings. The normalized spacial score (nSPS) is 22.6. The van der Waals surface area contributed by atoms with E-state index in [2.05, 4.69) is 23.8 Å². The fourth-order valence-electron chi connectivity index (χ4n) is 2.52. The van der Waals surface area contributed by atoms with Gasteiger partial charge in [0.15, 0.2) is 5.54 Å². The molecule has 0 atom stereocenters. The Bertz CT molecular complexity index is 448. The molecule has 1 aromatic heterocycles. The molecule has 100 valence electrons. The fraction of sp³-hybridized carbons (Fsp3) is 0.750. The molecular formula is C12H16F3N3. The van der Waals surface area contributed by atoms with Crippen LogP contribution in [0.1, 0.15) is 37.9 Å². The Morgan fingerprint density at radius 2 is 1.94 bits per heavy atom. The van der Waals surface area contributed by atoms with Gasteiger partial charge in [-0.1, -0.05) is 0 Å². The summed E-state index contributed by atoms with van der Waals surface area (Å²) in [6.45, 7) is 5.53. The van der Waals surface area contributed by atoms with E-state index < -0.39 is 11.7 Å². The predicted octanol–water partition coefficient (Wildman–Crippen LogP) is 2.66. The van der Waals surface area contributed by atoms with Gasteiger partial charge in [0.05, 0.1) is 5.69 Å². The number of hydrogen-bond donors (Lipinski definition) is 0. The van der Waals surface area contributed by atoms with Crippen LogP contribution in [-0.2, 0) is 18.6 Å². The molecule has 3 rings (SSSR count). The van der Waals surface area contributed by atoms with Crippen LogP contribution in [0.25, 0.3) is 0 Å². The van der Waals surface area contributed by atoms with Gasteiger partial charge in [0.1, 0.15) is 0 Å². The summed E-state index contributed by atoms with van der Waals surface area (Å²) in [5, 5.41) is 4.18. The molecule has 0 radical (unpaired) electrons. The van der Waals surface area contributed by atoms with Crippen molar-refractivity contribution in [3.8, 4) is 0 Å². The maximum absolute atomic E-state index is 13.0. The monoisotopic (exact) mass is 259 g/mol. The van der Waals surface area contributed by atoms with Crippen LogP contribution in [0.3, 0.4) is 0 Å². The predicted molar refractivity (Wildman–Crippen MR) is 59.9 cm³/mol. The van der Waals surface area contributed by atoms with Crippen molar-refractivity contribution in [2.24, 2.45) is 0 Å². The lowest BCUT2D eigenvalue weighted by Crippen LogP contribution is -2.35. The molecular weight excluding hydrogens is 243 g/mol. The Morgan fingerprint density at radius 3 is 2.39 bits per heavy atom. The van der Waals surface area contributed by atoms with Gasteiger partial charge in [0.25, 0.3) is 0 Å². The minimum atomic E-state index is -4.19. The zero-order chi connectivity index (χ0) is 13.1. The van der Waals surface area contributed by atoms with Gasteiger partial charge >= 0.3 is 6.18 Å². The van der Waals surface area contributed by atoms with Gasteiger partial charge < -0.3 is 0 Å². The highest BCUT2D eigenvalue weighted by atomic mass is 19.4. The Hall–Kier alpha value is -1.04. The van der Waals surface area contributed by atoms with Crippen LogP contribution in [0.4, 0.5) is 13.2 Å². The lowest BCUT2D eigenvalue weighted by molar-refractivity contribution is -0.182. The summed E-state index contributed by atoms with van der Waals surface area (Å²) in [6, 6.07) is 0.394. The molecule has 0 amide bonds. The van der Waals surface area contributed by atoms with Crippen LogP contribution in [-0.4, -0.2) is 26.9 Å². The molecule has 1 aromatic rings. The Labute approximate surface area is 104 Å². The minimum absolute atomic E-state index is 0.158. The molecule has 0 aromatic carbocycles. The summed E-state index contributed by atoms with van der Waals surface area (Å²) in [7, 11) is 0. The first-order chi connectivity index (χ1) is 8.33. The summed E-state index contributed by atoms with van der Waals surface area (Å²) in [6.07, 6.45) is -2.28. The van der Waals surface area contributed by atoms with Crippen molar-refractivity contribution in [1.82, 2.24) is 14.7 Å². The second kappa shape index (κ2) is 3.50. The van der Waals surface area contributed by atoms with Crippen LogP contribution in [0.2, 0.25) is 0 Å². The lowest BCUT2D eigenvalue weighted by atomic mass is 10.2. The SMILES string of the molecule is CC(C)N1Cc2cn(C3(C(F)(F)F)CC3)nc2C1. The third-order valence-electron chi connectivity index (χ3n) is 4.02. The molecule has 0 spiro atoms. The van der Waals surface area contributed by atoms with Gasteiger partial charge in [-0.3, -0.25) is 9.58 Å². The molecule has 1 saturated carbocycles. The number of nitrogens with zero attached hydrogens (tertiary/aromatic N) is 3. The van der Waals surface area contributed by atoms with Crippen LogP contribution < -0.4 is 0 Å². The van der Waals surface area contributed by atoms with Crippen LogP contribution in [0.5, 0.6) is 0 Å². The standard InChI is InChI=1S/C12H16F3N3/c1-8(2)17-5-9-6-18(16-10(9)7-17)11(3-4-11)12(13,14)15/h6,8H,3-5,7H2,1-2H3. The van der Waals surface area contributed by atoms with E-state index in [0.717, 1.165) is 15.9 Å². The minimum Gasteiger partial charge on any atom is -0.291 e. The fourth-order valence-corrected chi connectivity index (χ4v) is 2.52. The second-order valence-electron chi connectivity index (χ2n) is 5.57. The summed E-state index contributed by atoms with van der Waals surface area (Å²) < 4.78 is 40.1.